The predicted molar refractivity (Wildman–Crippen MR) is 87.9 cm³/mol. The highest BCUT2D eigenvalue weighted by atomic mass is 16.5. The van der Waals surface area contributed by atoms with Gasteiger partial charge in [0.25, 0.3) is 0 Å². The molecule has 4 heteroatoms. The summed E-state index contributed by atoms with van der Waals surface area (Å²) in [4.78, 5) is 24.2. The van der Waals surface area contributed by atoms with Gasteiger partial charge in [0.15, 0.2) is 0 Å². The monoisotopic (exact) mass is 318 g/mol. The standard InChI is InChI=1S/C19H26O4/c1-12-6-8-14(9-7-12)13(2)23-16(20)15-10-11-19(5,17(21)22)18(15,3)4/h6-9,13,15H,10-11H2,1-5H3,(H,21,22). The molecule has 4 nitrogen and oxygen atoms in total. The van der Waals surface area contributed by atoms with E-state index >= 15 is 0 Å². The predicted octanol–water partition coefficient (Wildman–Crippen LogP) is 4.13. The molecule has 1 fully saturated rings. The maximum absolute atomic E-state index is 12.6. The molecule has 0 aliphatic heterocycles. The van der Waals surface area contributed by atoms with Crippen LogP contribution in [0.5, 0.6) is 0 Å². The molecule has 0 spiro atoms. The summed E-state index contributed by atoms with van der Waals surface area (Å²) < 4.78 is 5.64. The van der Waals surface area contributed by atoms with Crippen molar-refractivity contribution in [2.24, 2.45) is 16.7 Å². The average Bonchev–Trinajstić information content (AvgIpc) is 2.71. The summed E-state index contributed by atoms with van der Waals surface area (Å²) in [5, 5.41) is 9.54. The second-order valence-electron chi connectivity index (χ2n) is 7.44. The minimum absolute atomic E-state index is 0.298. The minimum Gasteiger partial charge on any atom is -0.481 e. The third-order valence-corrected chi connectivity index (χ3v) is 5.82. The quantitative estimate of drug-likeness (QED) is 0.848. The van der Waals surface area contributed by atoms with E-state index in [2.05, 4.69) is 0 Å². The third kappa shape index (κ3) is 2.99. The molecule has 3 unspecified atom stereocenters. The molecule has 1 aliphatic rings. The van der Waals surface area contributed by atoms with Gasteiger partial charge in [-0.3, -0.25) is 9.59 Å². The van der Waals surface area contributed by atoms with E-state index in [-0.39, 0.29) is 12.1 Å². The molecule has 1 N–H and O–H groups in total. The number of carboxylic acids is 1. The maximum atomic E-state index is 12.6. The Morgan fingerprint density at radius 1 is 1.22 bits per heavy atom. The van der Waals surface area contributed by atoms with Crippen LogP contribution in [0, 0.1) is 23.7 Å². The number of aliphatic carboxylic acids is 1. The van der Waals surface area contributed by atoms with Gasteiger partial charge in [0.1, 0.15) is 6.10 Å². The molecule has 1 aromatic carbocycles. The van der Waals surface area contributed by atoms with Crippen LogP contribution in [-0.2, 0) is 14.3 Å². The molecular weight excluding hydrogens is 292 g/mol. The summed E-state index contributed by atoms with van der Waals surface area (Å²) in [6.45, 7) is 9.30. The topological polar surface area (TPSA) is 63.6 Å². The Morgan fingerprint density at radius 3 is 2.26 bits per heavy atom. The Labute approximate surface area is 137 Å². The van der Waals surface area contributed by atoms with Gasteiger partial charge in [-0.1, -0.05) is 43.7 Å². The fraction of sp³-hybridized carbons (Fsp3) is 0.579. The van der Waals surface area contributed by atoms with Gasteiger partial charge in [0, 0.05) is 0 Å². The van der Waals surface area contributed by atoms with Crippen LogP contribution in [0.15, 0.2) is 24.3 Å². The SMILES string of the molecule is Cc1ccc(C(C)OC(=O)C2CCC(C)(C(=O)O)C2(C)C)cc1. The van der Waals surface area contributed by atoms with E-state index in [1.165, 1.54) is 0 Å². The van der Waals surface area contributed by atoms with Crippen LogP contribution in [0.3, 0.4) is 0 Å². The van der Waals surface area contributed by atoms with Gasteiger partial charge in [-0.25, -0.2) is 0 Å². The van der Waals surface area contributed by atoms with Gasteiger partial charge in [0.2, 0.25) is 0 Å². The second kappa shape index (κ2) is 5.99. The number of carbonyl (C=O) groups is 2. The Morgan fingerprint density at radius 2 is 1.78 bits per heavy atom. The number of carbonyl (C=O) groups excluding carboxylic acids is 1. The smallest absolute Gasteiger partial charge is 0.310 e. The van der Waals surface area contributed by atoms with E-state index in [0.717, 1.165) is 11.1 Å². The molecule has 2 rings (SSSR count). The molecule has 0 aromatic heterocycles. The van der Waals surface area contributed by atoms with Crippen LogP contribution in [0.4, 0.5) is 0 Å². The summed E-state index contributed by atoms with van der Waals surface area (Å²) in [5.41, 5.74) is 0.564. The molecule has 0 heterocycles. The molecule has 1 aromatic rings. The van der Waals surface area contributed by atoms with E-state index in [4.69, 9.17) is 4.74 Å². The summed E-state index contributed by atoms with van der Waals surface area (Å²) in [5.74, 6) is -1.53. The highest BCUT2D eigenvalue weighted by Crippen LogP contribution is 2.56. The van der Waals surface area contributed by atoms with E-state index in [1.807, 2.05) is 52.0 Å². The van der Waals surface area contributed by atoms with Crippen LogP contribution in [-0.4, -0.2) is 17.0 Å². The number of hydrogen-bond acceptors (Lipinski definition) is 3. The van der Waals surface area contributed by atoms with Crippen molar-refractivity contribution in [1.82, 2.24) is 0 Å². The Bertz CT molecular complexity index is 602. The average molecular weight is 318 g/mol. The van der Waals surface area contributed by atoms with Crippen LogP contribution >= 0.6 is 0 Å². The zero-order valence-electron chi connectivity index (χ0n) is 14.6. The molecule has 0 bridgehead atoms. The van der Waals surface area contributed by atoms with Crippen molar-refractivity contribution in [2.45, 2.75) is 53.6 Å². The van der Waals surface area contributed by atoms with Crippen molar-refractivity contribution >= 4 is 11.9 Å². The van der Waals surface area contributed by atoms with Crippen molar-refractivity contribution in [2.75, 3.05) is 0 Å². The van der Waals surface area contributed by atoms with Gasteiger partial charge >= 0.3 is 11.9 Å². The zero-order valence-corrected chi connectivity index (χ0v) is 14.6. The van der Waals surface area contributed by atoms with Crippen molar-refractivity contribution < 1.29 is 19.4 Å². The highest BCUT2D eigenvalue weighted by Gasteiger charge is 2.59. The molecule has 1 saturated carbocycles. The zero-order chi connectivity index (χ0) is 17.4. The van der Waals surface area contributed by atoms with Gasteiger partial charge < -0.3 is 9.84 Å². The fourth-order valence-corrected chi connectivity index (χ4v) is 3.46. The maximum Gasteiger partial charge on any atom is 0.310 e. The number of rotatable bonds is 4. The first-order valence-electron chi connectivity index (χ1n) is 8.10. The Hall–Kier alpha value is -1.84. The summed E-state index contributed by atoms with van der Waals surface area (Å²) in [6, 6.07) is 7.88. The molecule has 0 radical (unpaired) electrons. The Kier molecular flexibility index (Phi) is 4.56. The Balaban J connectivity index is 2.12. The van der Waals surface area contributed by atoms with Crippen LogP contribution in [0.25, 0.3) is 0 Å². The molecule has 126 valence electrons. The first kappa shape index (κ1) is 17.5. The third-order valence-electron chi connectivity index (χ3n) is 5.82. The molecule has 0 saturated heterocycles. The lowest BCUT2D eigenvalue weighted by atomic mass is 9.66. The molecule has 3 atom stereocenters. The first-order chi connectivity index (χ1) is 10.6. The summed E-state index contributed by atoms with van der Waals surface area (Å²) in [6.07, 6.45) is 0.707. The number of hydrogen-bond donors (Lipinski definition) is 1. The number of benzene rings is 1. The molecule has 23 heavy (non-hydrogen) atoms. The molecule has 0 amide bonds. The van der Waals surface area contributed by atoms with Crippen molar-refractivity contribution in [3.8, 4) is 0 Å². The highest BCUT2D eigenvalue weighted by molar-refractivity contribution is 5.81. The number of aryl methyl sites for hydroxylation is 1. The fourth-order valence-electron chi connectivity index (χ4n) is 3.46. The number of ether oxygens (including phenoxy) is 1. The number of esters is 1. The van der Waals surface area contributed by atoms with Gasteiger partial charge in [-0.15, -0.1) is 0 Å². The molecule has 1 aliphatic carbocycles. The summed E-state index contributed by atoms with van der Waals surface area (Å²) in [7, 11) is 0. The van der Waals surface area contributed by atoms with Crippen LogP contribution in [0.1, 0.15) is 57.8 Å². The largest absolute Gasteiger partial charge is 0.481 e. The summed E-state index contributed by atoms with van der Waals surface area (Å²) >= 11 is 0. The van der Waals surface area contributed by atoms with E-state index < -0.39 is 22.7 Å². The lowest BCUT2D eigenvalue weighted by Crippen LogP contribution is -2.43. The normalized spacial score (nSPS) is 27.4. The van der Waals surface area contributed by atoms with E-state index in [0.29, 0.717) is 12.8 Å². The van der Waals surface area contributed by atoms with Crippen LogP contribution < -0.4 is 0 Å². The van der Waals surface area contributed by atoms with Gasteiger partial charge in [-0.05, 0) is 44.6 Å². The van der Waals surface area contributed by atoms with Gasteiger partial charge in [0.05, 0.1) is 11.3 Å². The van der Waals surface area contributed by atoms with Crippen LogP contribution in [0.2, 0.25) is 0 Å². The number of carboxylic acid groups (broad SMARTS) is 1. The van der Waals surface area contributed by atoms with E-state index in [9.17, 15) is 14.7 Å². The second-order valence-corrected chi connectivity index (χ2v) is 7.44. The van der Waals surface area contributed by atoms with E-state index in [1.54, 1.807) is 6.92 Å². The molecular formula is C19H26O4. The van der Waals surface area contributed by atoms with Crippen molar-refractivity contribution in [3.05, 3.63) is 35.4 Å². The van der Waals surface area contributed by atoms with Crippen molar-refractivity contribution in [3.63, 3.8) is 0 Å². The van der Waals surface area contributed by atoms with Crippen molar-refractivity contribution in [1.29, 1.82) is 0 Å². The lowest BCUT2D eigenvalue weighted by molar-refractivity contribution is -0.163. The first-order valence-corrected chi connectivity index (χ1v) is 8.10. The van der Waals surface area contributed by atoms with Gasteiger partial charge in [-0.2, -0.15) is 0 Å². The minimum atomic E-state index is -0.899. The lowest BCUT2D eigenvalue weighted by Gasteiger charge is -2.37.